The summed E-state index contributed by atoms with van der Waals surface area (Å²) < 4.78 is 5.10. The van der Waals surface area contributed by atoms with Gasteiger partial charge in [0.25, 0.3) is 0 Å². The highest BCUT2D eigenvalue weighted by atomic mass is 32.1. The molecule has 0 N–H and O–H groups in total. The SMILES string of the molecule is c1ccc(-c2ccccc2N(c2ccc(-c3ccc4sc5c6ccccc6ccc5c4c3)cc2)c2cccc3c4ccccc4n(-c4ccccc4)c23)cc1. The van der Waals surface area contributed by atoms with Crippen LogP contribution in [0.1, 0.15) is 0 Å². The van der Waals surface area contributed by atoms with Gasteiger partial charge in [0.1, 0.15) is 0 Å². The van der Waals surface area contributed by atoms with E-state index >= 15 is 0 Å². The smallest absolute Gasteiger partial charge is 0.0782 e. The van der Waals surface area contributed by atoms with Crippen LogP contribution < -0.4 is 4.90 Å². The lowest BCUT2D eigenvalue weighted by atomic mass is 9.99. The Morgan fingerprint density at radius 2 is 1.07 bits per heavy atom. The quantitative estimate of drug-likeness (QED) is 0.166. The van der Waals surface area contributed by atoms with Crippen molar-refractivity contribution < 1.29 is 0 Å². The lowest BCUT2D eigenvalue weighted by Crippen LogP contribution is -2.12. The number of aromatic nitrogens is 1. The van der Waals surface area contributed by atoms with Crippen molar-refractivity contribution in [3.63, 3.8) is 0 Å². The zero-order valence-corrected chi connectivity index (χ0v) is 30.7. The molecule has 0 aliphatic rings. The van der Waals surface area contributed by atoms with E-state index in [1.807, 2.05) is 11.3 Å². The molecule has 2 aromatic heterocycles. The van der Waals surface area contributed by atoms with Crippen LogP contribution in [0.15, 0.2) is 206 Å². The molecule has 0 fully saturated rings. The normalized spacial score (nSPS) is 11.6. The minimum absolute atomic E-state index is 1.10. The van der Waals surface area contributed by atoms with E-state index in [0.29, 0.717) is 0 Å². The van der Waals surface area contributed by atoms with E-state index in [2.05, 4.69) is 216 Å². The number of rotatable bonds is 6. The number of para-hydroxylation sites is 4. The molecule has 2 heterocycles. The fraction of sp³-hybridized carbons (Fsp3) is 0. The van der Waals surface area contributed by atoms with Gasteiger partial charge in [0, 0.05) is 47.9 Å². The first-order valence-electron chi connectivity index (χ1n) is 18.8. The average Bonchev–Trinajstić information content (AvgIpc) is 3.81. The zero-order chi connectivity index (χ0) is 36.3. The molecule has 11 rings (SSSR count). The van der Waals surface area contributed by atoms with Gasteiger partial charge < -0.3 is 9.47 Å². The Morgan fingerprint density at radius 1 is 0.400 bits per heavy atom. The van der Waals surface area contributed by atoms with Gasteiger partial charge in [0.15, 0.2) is 0 Å². The van der Waals surface area contributed by atoms with Crippen molar-refractivity contribution in [3.05, 3.63) is 206 Å². The van der Waals surface area contributed by atoms with Gasteiger partial charge in [-0.1, -0.05) is 152 Å². The number of thiophene rings is 1. The minimum Gasteiger partial charge on any atom is -0.308 e. The third-order valence-corrected chi connectivity index (χ3v) is 12.2. The van der Waals surface area contributed by atoms with Gasteiger partial charge in [-0.15, -0.1) is 11.3 Å². The van der Waals surface area contributed by atoms with E-state index in [1.54, 1.807) is 0 Å². The molecular weight excluding hydrogens is 685 g/mol. The molecule has 55 heavy (non-hydrogen) atoms. The second-order valence-electron chi connectivity index (χ2n) is 14.1. The maximum atomic E-state index is 2.45. The molecule has 0 spiro atoms. The second kappa shape index (κ2) is 12.9. The summed E-state index contributed by atoms with van der Waals surface area (Å²) >= 11 is 1.89. The third-order valence-electron chi connectivity index (χ3n) is 11.0. The van der Waals surface area contributed by atoms with E-state index in [-0.39, 0.29) is 0 Å². The van der Waals surface area contributed by atoms with Crippen LogP contribution in [0, 0.1) is 0 Å². The Kier molecular flexibility index (Phi) is 7.39. The van der Waals surface area contributed by atoms with Gasteiger partial charge in [0.05, 0.1) is 22.4 Å². The van der Waals surface area contributed by atoms with E-state index < -0.39 is 0 Å². The summed E-state index contributed by atoms with van der Waals surface area (Å²) in [6, 6.07) is 75.1. The van der Waals surface area contributed by atoms with E-state index in [9.17, 15) is 0 Å². The van der Waals surface area contributed by atoms with Crippen LogP contribution in [0.3, 0.4) is 0 Å². The lowest BCUT2D eigenvalue weighted by Gasteiger charge is -2.29. The zero-order valence-electron chi connectivity index (χ0n) is 29.9. The third kappa shape index (κ3) is 5.16. The van der Waals surface area contributed by atoms with Crippen LogP contribution >= 0.6 is 11.3 Å². The van der Waals surface area contributed by atoms with E-state index in [0.717, 1.165) is 22.7 Å². The van der Waals surface area contributed by atoms with Gasteiger partial charge in [-0.05, 0) is 82.1 Å². The molecule has 258 valence electrons. The first kappa shape index (κ1) is 31.6. The molecule has 0 unspecified atom stereocenters. The van der Waals surface area contributed by atoms with Crippen molar-refractivity contribution >= 4 is 81.1 Å². The molecular formula is C52H34N2S. The molecule has 0 saturated heterocycles. The van der Waals surface area contributed by atoms with Crippen molar-refractivity contribution in [2.24, 2.45) is 0 Å². The van der Waals surface area contributed by atoms with Gasteiger partial charge in [0.2, 0.25) is 0 Å². The van der Waals surface area contributed by atoms with Crippen molar-refractivity contribution in [1.82, 2.24) is 4.57 Å². The number of fused-ring (bicyclic) bond motifs is 8. The highest BCUT2D eigenvalue weighted by Crippen LogP contribution is 2.47. The summed E-state index contributed by atoms with van der Waals surface area (Å²) in [5.41, 5.74) is 11.6. The van der Waals surface area contributed by atoms with Crippen LogP contribution in [-0.4, -0.2) is 4.57 Å². The van der Waals surface area contributed by atoms with Gasteiger partial charge in [-0.3, -0.25) is 0 Å². The van der Waals surface area contributed by atoms with Crippen LogP contribution in [0.4, 0.5) is 17.1 Å². The fourth-order valence-corrected chi connectivity index (χ4v) is 9.67. The van der Waals surface area contributed by atoms with Crippen LogP contribution in [0.25, 0.3) is 80.7 Å². The van der Waals surface area contributed by atoms with Crippen molar-refractivity contribution in [2.75, 3.05) is 4.90 Å². The van der Waals surface area contributed by atoms with Crippen molar-refractivity contribution in [1.29, 1.82) is 0 Å². The van der Waals surface area contributed by atoms with Gasteiger partial charge >= 0.3 is 0 Å². The van der Waals surface area contributed by atoms with Crippen molar-refractivity contribution in [2.45, 2.75) is 0 Å². The summed E-state index contributed by atoms with van der Waals surface area (Å²) in [4.78, 5) is 2.45. The Hall–Kier alpha value is -6.94. The van der Waals surface area contributed by atoms with E-state index in [1.165, 1.54) is 75.0 Å². The summed E-state index contributed by atoms with van der Waals surface area (Å²) in [5, 5.41) is 7.70. The first-order valence-corrected chi connectivity index (χ1v) is 19.6. The molecule has 0 radical (unpaired) electrons. The molecule has 0 aliphatic carbocycles. The van der Waals surface area contributed by atoms with Crippen molar-refractivity contribution in [3.8, 4) is 27.9 Å². The Morgan fingerprint density at radius 3 is 1.93 bits per heavy atom. The summed E-state index contributed by atoms with van der Waals surface area (Å²) in [7, 11) is 0. The lowest BCUT2D eigenvalue weighted by molar-refractivity contribution is 1.17. The van der Waals surface area contributed by atoms with Crippen LogP contribution in [-0.2, 0) is 0 Å². The number of hydrogen-bond acceptors (Lipinski definition) is 2. The largest absolute Gasteiger partial charge is 0.308 e. The summed E-state index contributed by atoms with van der Waals surface area (Å²) in [6.07, 6.45) is 0. The summed E-state index contributed by atoms with van der Waals surface area (Å²) in [5.74, 6) is 0. The topological polar surface area (TPSA) is 8.17 Å². The van der Waals surface area contributed by atoms with Crippen LogP contribution in [0.2, 0.25) is 0 Å². The molecule has 0 amide bonds. The van der Waals surface area contributed by atoms with Crippen LogP contribution in [0.5, 0.6) is 0 Å². The van der Waals surface area contributed by atoms with E-state index in [4.69, 9.17) is 0 Å². The molecule has 0 aliphatic heterocycles. The Labute approximate surface area is 323 Å². The molecule has 9 aromatic carbocycles. The molecule has 0 saturated carbocycles. The number of hydrogen-bond donors (Lipinski definition) is 0. The monoisotopic (exact) mass is 718 g/mol. The standard InChI is InChI=1S/C52H34N2S/c1-3-14-36(15-4-1)41-19-9-11-23-47(41)53(49-25-13-22-44-43-21-10-12-24-48(43)54(51(44)49)39-17-5-2-6-18-39)40-30-26-35(27-31-40)38-29-33-50-46(34-38)45-32-28-37-16-7-8-20-42(37)52(45)55-50/h1-34H. The fourth-order valence-electron chi connectivity index (χ4n) is 8.45. The number of nitrogens with zero attached hydrogens (tertiary/aromatic N) is 2. The summed E-state index contributed by atoms with van der Waals surface area (Å²) in [6.45, 7) is 0. The highest BCUT2D eigenvalue weighted by molar-refractivity contribution is 7.26. The van der Waals surface area contributed by atoms with Gasteiger partial charge in [-0.2, -0.15) is 0 Å². The Balaban J connectivity index is 1.12. The van der Waals surface area contributed by atoms with Gasteiger partial charge in [-0.25, -0.2) is 0 Å². The predicted octanol–water partition coefficient (Wildman–Crippen LogP) is 15.1. The maximum Gasteiger partial charge on any atom is 0.0782 e. The molecule has 2 nitrogen and oxygen atoms in total. The highest BCUT2D eigenvalue weighted by Gasteiger charge is 2.23. The first-order chi connectivity index (χ1) is 27.3. The number of benzene rings is 9. The maximum absolute atomic E-state index is 2.45. The number of anilines is 3. The average molecular weight is 719 g/mol. The second-order valence-corrected chi connectivity index (χ2v) is 15.2. The predicted molar refractivity (Wildman–Crippen MR) is 237 cm³/mol. The minimum atomic E-state index is 1.10. The molecule has 0 atom stereocenters. The Bertz CT molecular complexity index is 3190. The molecule has 0 bridgehead atoms. The molecule has 11 aromatic rings. The molecule has 3 heteroatoms.